The summed E-state index contributed by atoms with van der Waals surface area (Å²) in [6, 6.07) is 22.1. The molecule has 0 bridgehead atoms. The summed E-state index contributed by atoms with van der Waals surface area (Å²) in [5, 5.41) is 2.82. The average Bonchev–Trinajstić information content (AvgIpc) is 3.10. The smallest absolute Gasteiger partial charge is 0.270 e. The standard InChI is InChI=1S/C20H16N4O2/c25-20(21-13-18-22-15-9-4-5-10-16(15)23-18)17-11-6-12-19(24-17)26-14-7-2-1-3-8-14/h1-12H,13H2,(H,21,25)(H,22,23). The van der Waals surface area contributed by atoms with E-state index in [1.54, 1.807) is 18.2 Å². The van der Waals surface area contributed by atoms with Crippen LogP contribution in [0, 0.1) is 0 Å². The van der Waals surface area contributed by atoms with Gasteiger partial charge in [-0.3, -0.25) is 4.79 Å². The van der Waals surface area contributed by atoms with Gasteiger partial charge in [0.2, 0.25) is 5.88 Å². The monoisotopic (exact) mass is 344 g/mol. The van der Waals surface area contributed by atoms with Gasteiger partial charge in [-0.25, -0.2) is 9.97 Å². The molecule has 0 aliphatic carbocycles. The predicted octanol–water partition coefficient (Wildman–Crippen LogP) is 3.68. The molecule has 4 aromatic rings. The lowest BCUT2D eigenvalue weighted by Gasteiger charge is -2.07. The molecule has 0 atom stereocenters. The van der Waals surface area contributed by atoms with E-state index in [1.807, 2.05) is 54.6 Å². The molecule has 0 radical (unpaired) electrons. The Morgan fingerprint density at radius 1 is 0.923 bits per heavy atom. The van der Waals surface area contributed by atoms with E-state index >= 15 is 0 Å². The number of amides is 1. The van der Waals surface area contributed by atoms with Gasteiger partial charge in [0.05, 0.1) is 17.6 Å². The van der Waals surface area contributed by atoms with Crippen molar-refractivity contribution in [3.63, 3.8) is 0 Å². The van der Waals surface area contributed by atoms with Crippen LogP contribution >= 0.6 is 0 Å². The van der Waals surface area contributed by atoms with Crippen LogP contribution in [0.5, 0.6) is 11.6 Å². The Labute approximate surface area is 149 Å². The highest BCUT2D eigenvalue weighted by Crippen LogP contribution is 2.18. The van der Waals surface area contributed by atoms with Crippen LogP contribution in [-0.2, 0) is 6.54 Å². The molecule has 2 aromatic carbocycles. The molecule has 0 aliphatic heterocycles. The molecule has 2 N–H and O–H groups in total. The number of carbonyl (C=O) groups is 1. The van der Waals surface area contributed by atoms with Crippen molar-refractivity contribution in [2.24, 2.45) is 0 Å². The minimum atomic E-state index is -0.288. The highest BCUT2D eigenvalue weighted by atomic mass is 16.5. The molecule has 0 saturated heterocycles. The predicted molar refractivity (Wildman–Crippen MR) is 98.0 cm³/mol. The molecule has 128 valence electrons. The van der Waals surface area contributed by atoms with Gasteiger partial charge in [0.1, 0.15) is 17.3 Å². The van der Waals surface area contributed by atoms with Gasteiger partial charge in [0.15, 0.2) is 0 Å². The number of H-pyrrole nitrogens is 1. The number of nitrogens with one attached hydrogen (secondary N) is 2. The van der Waals surface area contributed by atoms with Gasteiger partial charge in [0, 0.05) is 6.07 Å². The molecule has 2 heterocycles. The van der Waals surface area contributed by atoms with Gasteiger partial charge in [0.25, 0.3) is 5.91 Å². The third-order valence-corrected chi connectivity index (χ3v) is 3.78. The lowest BCUT2D eigenvalue weighted by Crippen LogP contribution is -2.24. The lowest BCUT2D eigenvalue weighted by atomic mass is 10.3. The van der Waals surface area contributed by atoms with E-state index in [0.29, 0.717) is 24.0 Å². The second-order valence-electron chi connectivity index (χ2n) is 5.66. The largest absolute Gasteiger partial charge is 0.439 e. The van der Waals surface area contributed by atoms with Crippen LogP contribution in [-0.4, -0.2) is 20.9 Å². The van der Waals surface area contributed by atoms with Crippen molar-refractivity contribution in [1.82, 2.24) is 20.3 Å². The van der Waals surface area contributed by atoms with Crippen LogP contribution in [0.4, 0.5) is 0 Å². The van der Waals surface area contributed by atoms with Crippen molar-refractivity contribution < 1.29 is 9.53 Å². The maximum Gasteiger partial charge on any atom is 0.270 e. The Hall–Kier alpha value is -3.67. The maximum atomic E-state index is 12.4. The van der Waals surface area contributed by atoms with Crippen LogP contribution in [0.2, 0.25) is 0 Å². The first kappa shape index (κ1) is 15.8. The first-order valence-corrected chi connectivity index (χ1v) is 8.20. The van der Waals surface area contributed by atoms with E-state index in [4.69, 9.17) is 4.74 Å². The number of ether oxygens (including phenoxy) is 1. The molecule has 0 aliphatic rings. The second kappa shape index (κ2) is 7.06. The van der Waals surface area contributed by atoms with Crippen molar-refractivity contribution in [3.8, 4) is 11.6 Å². The molecule has 2 aromatic heterocycles. The highest BCUT2D eigenvalue weighted by Gasteiger charge is 2.10. The zero-order valence-corrected chi connectivity index (χ0v) is 13.8. The lowest BCUT2D eigenvalue weighted by molar-refractivity contribution is 0.0944. The Kier molecular flexibility index (Phi) is 4.30. The molecule has 6 heteroatoms. The van der Waals surface area contributed by atoms with Crippen LogP contribution < -0.4 is 10.1 Å². The minimum absolute atomic E-state index is 0.287. The van der Waals surface area contributed by atoms with E-state index < -0.39 is 0 Å². The fourth-order valence-corrected chi connectivity index (χ4v) is 2.55. The van der Waals surface area contributed by atoms with Crippen molar-refractivity contribution in [3.05, 3.63) is 84.3 Å². The van der Waals surface area contributed by atoms with Gasteiger partial charge < -0.3 is 15.0 Å². The number of pyridine rings is 1. The van der Waals surface area contributed by atoms with Crippen molar-refractivity contribution in [2.45, 2.75) is 6.54 Å². The SMILES string of the molecule is O=C(NCc1nc2ccccc2[nH]1)c1cccc(Oc2ccccc2)n1. The second-order valence-corrected chi connectivity index (χ2v) is 5.66. The number of imidazole rings is 1. The van der Waals surface area contributed by atoms with E-state index in [0.717, 1.165) is 11.0 Å². The molecule has 6 nitrogen and oxygen atoms in total. The van der Waals surface area contributed by atoms with Crippen molar-refractivity contribution >= 4 is 16.9 Å². The number of nitrogens with zero attached hydrogens (tertiary/aromatic N) is 2. The van der Waals surface area contributed by atoms with Gasteiger partial charge in [-0.15, -0.1) is 0 Å². The van der Waals surface area contributed by atoms with Crippen LogP contribution in [0.15, 0.2) is 72.8 Å². The number of fused-ring (bicyclic) bond motifs is 1. The molecular formula is C20H16N4O2. The zero-order valence-electron chi connectivity index (χ0n) is 13.8. The van der Waals surface area contributed by atoms with Crippen LogP contribution in [0.1, 0.15) is 16.3 Å². The number of hydrogen-bond acceptors (Lipinski definition) is 4. The highest BCUT2D eigenvalue weighted by molar-refractivity contribution is 5.92. The molecular weight excluding hydrogens is 328 g/mol. The average molecular weight is 344 g/mol. The van der Waals surface area contributed by atoms with E-state index in [2.05, 4.69) is 20.3 Å². The number of para-hydroxylation sites is 3. The number of hydrogen-bond donors (Lipinski definition) is 2. The normalized spacial score (nSPS) is 10.6. The minimum Gasteiger partial charge on any atom is -0.439 e. The summed E-state index contributed by atoms with van der Waals surface area (Å²) in [7, 11) is 0. The molecule has 26 heavy (non-hydrogen) atoms. The Balaban J connectivity index is 1.43. The number of benzene rings is 2. The first-order chi connectivity index (χ1) is 12.8. The third kappa shape index (κ3) is 3.54. The van der Waals surface area contributed by atoms with Gasteiger partial charge in [-0.05, 0) is 30.3 Å². The molecule has 4 rings (SSSR count). The summed E-state index contributed by atoms with van der Waals surface area (Å²) >= 11 is 0. The molecule has 0 spiro atoms. The topological polar surface area (TPSA) is 79.9 Å². The summed E-state index contributed by atoms with van der Waals surface area (Å²) < 4.78 is 5.66. The first-order valence-electron chi connectivity index (χ1n) is 8.20. The Bertz CT molecular complexity index is 1010. The number of aromatic nitrogens is 3. The zero-order chi connectivity index (χ0) is 17.8. The summed E-state index contributed by atoms with van der Waals surface area (Å²) in [6.45, 7) is 0.291. The van der Waals surface area contributed by atoms with Crippen LogP contribution in [0.25, 0.3) is 11.0 Å². The third-order valence-electron chi connectivity index (χ3n) is 3.78. The quantitative estimate of drug-likeness (QED) is 0.579. The van der Waals surface area contributed by atoms with Gasteiger partial charge in [-0.1, -0.05) is 36.4 Å². The van der Waals surface area contributed by atoms with E-state index in [1.165, 1.54) is 0 Å². The Morgan fingerprint density at radius 2 is 1.73 bits per heavy atom. The van der Waals surface area contributed by atoms with E-state index in [-0.39, 0.29) is 11.6 Å². The molecule has 1 amide bonds. The number of aromatic amines is 1. The summed E-state index contributed by atoms with van der Waals surface area (Å²) in [4.78, 5) is 24.2. The molecule has 0 fully saturated rings. The number of carbonyl (C=O) groups excluding carboxylic acids is 1. The summed E-state index contributed by atoms with van der Waals surface area (Å²) in [5.74, 6) is 1.44. The van der Waals surface area contributed by atoms with Crippen LogP contribution in [0.3, 0.4) is 0 Å². The van der Waals surface area contributed by atoms with Crippen molar-refractivity contribution in [1.29, 1.82) is 0 Å². The summed E-state index contributed by atoms with van der Waals surface area (Å²) in [6.07, 6.45) is 0. The fraction of sp³-hybridized carbons (Fsp3) is 0.0500. The van der Waals surface area contributed by atoms with Gasteiger partial charge >= 0.3 is 0 Å². The maximum absolute atomic E-state index is 12.4. The fourth-order valence-electron chi connectivity index (χ4n) is 2.55. The summed E-state index contributed by atoms with van der Waals surface area (Å²) in [5.41, 5.74) is 2.09. The Morgan fingerprint density at radius 3 is 2.58 bits per heavy atom. The molecule has 0 unspecified atom stereocenters. The van der Waals surface area contributed by atoms with Crippen molar-refractivity contribution in [2.75, 3.05) is 0 Å². The van der Waals surface area contributed by atoms with Gasteiger partial charge in [-0.2, -0.15) is 0 Å². The number of rotatable bonds is 5. The molecule has 0 saturated carbocycles. The van der Waals surface area contributed by atoms with E-state index in [9.17, 15) is 4.79 Å².